The first kappa shape index (κ1) is 12.8. The maximum absolute atomic E-state index is 11.3. The van der Waals surface area contributed by atoms with Gasteiger partial charge in [0.25, 0.3) is 0 Å². The minimum Gasteiger partial charge on any atom is -0.369 e. The number of rotatable bonds is 4. The zero-order chi connectivity index (χ0) is 13.7. The fourth-order valence-electron chi connectivity index (χ4n) is 1.61. The molecule has 19 heavy (non-hydrogen) atoms. The molecule has 0 unspecified atom stereocenters. The summed E-state index contributed by atoms with van der Waals surface area (Å²) in [5.41, 5.74) is 7.28. The Bertz CT molecular complexity index is 579. The Balaban J connectivity index is 2.07. The number of pyridine rings is 1. The summed E-state index contributed by atoms with van der Waals surface area (Å²) in [6, 6.07) is 13.2. The van der Waals surface area contributed by atoms with Crippen LogP contribution < -0.4 is 11.1 Å². The Morgan fingerprint density at radius 1 is 1.11 bits per heavy atom. The van der Waals surface area contributed by atoms with Gasteiger partial charge in [0.2, 0.25) is 11.8 Å². The van der Waals surface area contributed by atoms with E-state index in [1.54, 1.807) is 18.3 Å². The molecule has 5 heteroatoms. The van der Waals surface area contributed by atoms with Crippen molar-refractivity contribution in [3.63, 3.8) is 0 Å². The summed E-state index contributed by atoms with van der Waals surface area (Å²) in [5.74, 6) is -1.10. The molecule has 0 radical (unpaired) electrons. The van der Waals surface area contributed by atoms with Gasteiger partial charge in [-0.15, -0.1) is 0 Å². The lowest BCUT2D eigenvalue weighted by Gasteiger charge is -2.05. The Kier molecular flexibility index (Phi) is 3.87. The van der Waals surface area contributed by atoms with Crippen molar-refractivity contribution in [3.8, 4) is 11.3 Å². The number of amides is 2. The summed E-state index contributed by atoms with van der Waals surface area (Å²) in [6.07, 6.45) is 1.21. The molecule has 3 N–H and O–H groups in total. The summed E-state index contributed by atoms with van der Waals surface area (Å²) in [5, 5.41) is 2.55. The molecule has 1 aromatic carbocycles. The van der Waals surface area contributed by atoms with Crippen LogP contribution in [-0.2, 0) is 9.59 Å². The van der Waals surface area contributed by atoms with Crippen molar-refractivity contribution in [2.24, 2.45) is 5.73 Å². The lowest BCUT2D eigenvalue weighted by molar-refractivity contribution is -0.124. The second-order valence-corrected chi connectivity index (χ2v) is 3.99. The van der Waals surface area contributed by atoms with Gasteiger partial charge >= 0.3 is 0 Å². The number of nitrogens with zero attached hydrogens (tertiary/aromatic N) is 1. The molecule has 2 aromatic rings. The predicted octanol–water partition coefficient (Wildman–Crippen LogP) is 1.56. The van der Waals surface area contributed by atoms with Crippen LogP contribution in [0.3, 0.4) is 0 Å². The van der Waals surface area contributed by atoms with Crippen LogP contribution in [-0.4, -0.2) is 16.8 Å². The fraction of sp³-hybridized carbons (Fsp3) is 0.0714. The largest absolute Gasteiger partial charge is 0.369 e. The van der Waals surface area contributed by atoms with Gasteiger partial charge in [0.15, 0.2) is 0 Å². The van der Waals surface area contributed by atoms with Gasteiger partial charge in [0.1, 0.15) is 6.42 Å². The number of carbonyl (C=O) groups excluding carboxylic acids is 2. The number of hydrogen-bond donors (Lipinski definition) is 2. The number of hydrogen-bond acceptors (Lipinski definition) is 3. The van der Waals surface area contributed by atoms with Gasteiger partial charge in [-0.05, 0) is 12.1 Å². The van der Waals surface area contributed by atoms with E-state index in [4.69, 9.17) is 5.73 Å². The number of anilines is 1. The molecule has 0 saturated heterocycles. The van der Waals surface area contributed by atoms with Crippen LogP contribution in [0, 0.1) is 0 Å². The molecule has 0 atom stereocenters. The highest BCUT2D eigenvalue weighted by molar-refractivity contribution is 6.02. The highest BCUT2D eigenvalue weighted by Gasteiger charge is 2.06. The number of aromatic nitrogens is 1. The smallest absolute Gasteiger partial charge is 0.233 e. The molecule has 0 spiro atoms. The molecule has 2 amide bonds. The maximum Gasteiger partial charge on any atom is 0.233 e. The topological polar surface area (TPSA) is 85.1 Å². The quantitative estimate of drug-likeness (QED) is 0.813. The lowest BCUT2D eigenvalue weighted by atomic mass is 10.1. The zero-order valence-corrected chi connectivity index (χ0v) is 10.2. The van der Waals surface area contributed by atoms with Crippen molar-refractivity contribution < 1.29 is 9.59 Å². The van der Waals surface area contributed by atoms with E-state index in [0.29, 0.717) is 5.69 Å². The minimum absolute atomic E-state index is 0.333. The second kappa shape index (κ2) is 5.77. The van der Waals surface area contributed by atoms with Crippen LogP contribution in [0.1, 0.15) is 6.42 Å². The van der Waals surface area contributed by atoms with Crippen molar-refractivity contribution in [1.82, 2.24) is 4.98 Å². The maximum atomic E-state index is 11.3. The first-order valence-corrected chi connectivity index (χ1v) is 5.75. The summed E-state index contributed by atoms with van der Waals surface area (Å²) < 4.78 is 0. The number of primary amides is 1. The van der Waals surface area contributed by atoms with Gasteiger partial charge < -0.3 is 11.1 Å². The van der Waals surface area contributed by atoms with E-state index in [-0.39, 0.29) is 6.42 Å². The standard InChI is InChI=1S/C14H13N3O2/c15-13(18)8-14(19)17-11-6-7-12(16-9-11)10-4-2-1-3-5-10/h1-7,9H,8H2,(H2,15,18)(H,17,19). The minimum atomic E-state index is -0.661. The molecule has 0 aliphatic carbocycles. The lowest BCUT2D eigenvalue weighted by Crippen LogP contribution is -2.21. The summed E-state index contributed by atoms with van der Waals surface area (Å²) in [4.78, 5) is 26.2. The van der Waals surface area contributed by atoms with E-state index in [0.717, 1.165) is 11.3 Å². The monoisotopic (exact) mass is 255 g/mol. The normalized spacial score (nSPS) is 9.89. The van der Waals surface area contributed by atoms with Crippen molar-refractivity contribution in [2.45, 2.75) is 6.42 Å². The molecular formula is C14H13N3O2. The van der Waals surface area contributed by atoms with Gasteiger partial charge in [0, 0.05) is 5.56 Å². The van der Waals surface area contributed by atoms with Gasteiger partial charge in [-0.3, -0.25) is 14.6 Å². The molecule has 2 rings (SSSR count). The Morgan fingerprint density at radius 2 is 1.84 bits per heavy atom. The molecular weight excluding hydrogens is 242 g/mol. The highest BCUT2D eigenvalue weighted by Crippen LogP contribution is 2.17. The van der Waals surface area contributed by atoms with Crippen molar-refractivity contribution in [2.75, 3.05) is 5.32 Å². The van der Waals surface area contributed by atoms with E-state index < -0.39 is 11.8 Å². The van der Waals surface area contributed by atoms with E-state index in [9.17, 15) is 9.59 Å². The zero-order valence-electron chi connectivity index (χ0n) is 10.2. The van der Waals surface area contributed by atoms with Crippen LogP contribution in [0.25, 0.3) is 11.3 Å². The van der Waals surface area contributed by atoms with E-state index >= 15 is 0 Å². The molecule has 0 fully saturated rings. The number of nitrogens with one attached hydrogen (secondary N) is 1. The predicted molar refractivity (Wildman–Crippen MR) is 72.1 cm³/mol. The first-order valence-electron chi connectivity index (χ1n) is 5.75. The van der Waals surface area contributed by atoms with E-state index in [1.807, 2.05) is 30.3 Å². The van der Waals surface area contributed by atoms with Gasteiger partial charge in [-0.1, -0.05) is 30.3 Å². The third-order valence-corrected chi connectivity index (χ3v) is 2.45. The summed E-state index contributed by atoms with van der Waals surface area (Å²) in [6.45, 7) is 0. The second-order valence-electron chi connectivity index (χ2n) is 3.99. The third kappa shape index (κ3) is 3.64. The van der Waals surface area contributed by atoms with Gasteiger partial charge in [0.05, 0.1) is 17.6 Å². The summed E-state index contributed by atoms with van der Waals surface area (Å²) in [7, 11) is 0. The third-order valence-electron chi connectivity index (χ3n) is 2.45. The highest BCUT2D eigenvalue weighted by atomic mass is 16.2. The van der Waals surface area contributed by atoms with Crippen LogP contribution in [0.5, 0.6) is 0 Å². The molecule has 0 saturated carbocycles. The van der Waals surface area contributed by atoms with Crippen LogP contribution in [0.2, 0.25) is 0 Å². The van der Waals surface area contributed by atoms with E-state index in [2.05, 4.69) is 10.3 Å². The SMILES string of the molecule is NC(=O)CC(=O)Nc1ccc(-c2ccccc2)nc1. The summed E-state index contributed by atoms with van der Waals surface area (Å²) >= 11 is 0. The first-order chi connectivity index (χ1) is 9.15. The van der Waals surface area contributed by atoms with Crippen LogP contribution in [0.4, 0.5) is 5.69 Å². The van der Waals surface area contributed by atoms with Crippen molar-refractivity contribution in [3.05, 3.63) is 48.7 Å². The van der Waals surface area contributed by atoms with Crippen LogP contribution >= 0.6 is 0 Å². The Labute approximate surface area is 110 Å². The molecule has 96 valence electrons. The van der Waals surface area contributed by atoms with Crippen molar-refractivity contribution >= 4 is 17.5 Å². The molecule has 5 nitrogen and oxygen atoms in total. The molecule has 0 aliphatic heterocycles. The van der Waals surface area contributed by atoms with Gasteiger partial charge in [-0.2, -0.15) is 0 Å². The molecule has 1 heterocycles. The van der Waals surface area contributed by atoms with E-state index in [1.165, 1.54) is 0 Å². The van der Waals surface area contributed by atoms with Crippen LogP contribution in [0.15, 0.2) is 48.7 Å². The van der Waals surface area contributed by atoms with Gasteiger partial charge in [-0.25, -0.2) is 0 Å². The average molecular weight is 255 g/mol. The van der Waals surface area contributed by atoms with Crippen molar-refractivity contribution in [1.29, 1.82) is 0 Å². The molecule has 1 aromatic heterocycles. The number of carbonyl (C=O) groups is 2. The average Bonchev–Trinajstić information content (AvgIpc) is 2.39. The molecule has 0 aliphatic rings. The fourth-order valence-corrected chi connectivity index (χ4v) is 1.61. The number of nitrogens with two attached hydrogens (primary N) is 1. The number of benzene rings is 1. The molecule has 0 bridgehead atoms. The Hall–Kier alpha value is -2.69. The Morgan fingerprint density at radius 3 is 2.42 bits per heavy atom.